The van der Waals surface area contributed by atoms with Crippen LogP contribution in [0.1, 0.15) is 39.0 Å². The molecule has 4 aliphatic rings. The Morgan fingerprint density at radius 2 is 1.87 bits per heavy atom. The van der Waals surface area contributed by atoms with Gasteiger partial charge in [0.25, 0.3) is 0 Å². The van der Waals surface area contributed by atoms with Crippen molar-refractivity contribution in [3.05, 3.63) is 5.92 Å². The van der Waals surface area contributed by atoms with Crippen LogP contribution in [-0.2, 0) is 9.53 Å². The van der Waals surface area contributed by atoms with Crippen LogP contribution in [0.15, 0.2) is 0 Å². The van der Waals surface area contributed by atoms with E-state index in [1.807, 2.05) is 0 Å². The molecule has 4 saturated carbocycles. The molecule has 0 N–H and O–H groups in total. The smallest absolute Gasteiger partial charge is 0.312 e. The molecule has 4 bridgehead atoms. The third kappa shape index (κ3) is 1.17. The van der Waals surface area contributed by atoms with E-state index in [2.05, 4.69) is 6.92 Å². The second-order valence-electron chi connectivity index (χ2n) is 5.86. The Labute approximate surface area is 91.4 Å². The highest BCUT2D eigenvalue weighted by molar-refractivity contribution is 5.77. The molecule has 0 aliphatic heterocycles. The van der Waals surface area contributed by atoms with Gasteiger partial charge >= 0.3 is 5.97 Å². The lowest BCUT2D eigenvalue weighted by molar-refractivity contribution is -0.166. The van der Waals surface area contributed by atoms with Gasteiger partial charge in [-0.05, 0) is 25.2 Å². The van der Waals surface area contributed by atoms with E-state index in [4.69, 9.17) is 4.74 Å². The van der Waals surface area contributed by atoms with E-state index in [0.29, 0.717) is 0 Å². The van der Waals surface area contributed by atoms with Gasteiger partial charge in [0.15, 0.2) is 0 Å². The van der Waals surface area contributed by atoms with Gasteiger partial charge in [-0.2, -0.15) is 0 Å². The molecule has 4 atom stereocenters. The lowest BCUT2D eigenvalue weighted by Crippen LogP contribution is -2.53. The summed E-state index contributed by atoms with van der Waals surface area (Å²) in [5.41, 5.74) is -0.0925. The van der Waals surface area contributed by atoms with Crippen LogP contribution in [0, 0.1) is 29.1 Å². The zero-order chi connectivity index (χ0) is 10.6. The summed E-state index contributed by atoms with van der Waals surface area (Å²) in [6, 6.07) is 0. The van der Waals surface area contributed by atoms with Crippen LogP contribution in [0.5, 0.6) is 0 Å². The fraction of sp³-hybridized carbons (Fsp3) is 0.846. The molecule has 0 aromatic carbocycles. The molecule has 0 aromatic heterocycles. The fourth-order valence-corrected chi connectivity index (χ4v) is 4.47. The van der Waals surface area contributed by atoms with E-state index in [-0.39, 0.29) is 11.4 Å². The van der Waals surface area contributed by atoms with Gasteiger partial charge in [0.1, 0.15) is 11.8 Å². The first kappa shape index (κ1) is 9.56. The maximum Gasteiger partial charge on any atom is 0.312 e. The minimum absolute atomic E-state index is 0.0643. The minimum atomic E-state index is -0.0925. The summed E-state index contributed by atoms with van der Waals surface area (Å²) < 4.78 is 5.02. The van der Waals surface area contributed by atoms with Gasteiger partial charge in [-0.1, -0.05) is 0 Å². The van der Waals surface area contributed by atoms with E-state index in [0.717, 1.165) is 37.0 Å². The highest BCUT2D eigenvalue weighted by atomic mass is 16.5. The Bertz CT molecular complexity index is 281. The fourth-order valence-electron chi connectivity index (χ4n) is 4.47. The van der Waals surface area contributed by atoms with E-state index in [1.165, 1.54) is 20.0 Å². The number of esters is 1. The summed E-state index contributed by atoms with van der Waals surface area (Å²) in [6.45, 7) is 2.30. The van der Waals surface area contributed by atoms with Crippen LogP contribution in [0.25, 0.3) is 0 Å². The largest absolute Gasteiger partial charge is 0.469 e. The van der Waals surface area contributed by atoms with Gasteiger partial charge in [-0.15, -0.1) is 0 Å². The zero-order valence-electron chi connectivity index (χ0n) is 9.58. The lowest BCUT2D eigenvalue weighted by Gasteiger charge is -2.52. The summed E-state index contributed by atoms with van der Waals surface area (Å²) in [5.74, 6) is 3.97. The number of rotatable bonds is 1. The molecule has 0 spiro atoms. The first-order valence-electron chi connectivity index (χ1n) is 6.06. The summed E-state index contributed by atoms with van der Waals surface area (Å²) in [6.07, 6.45) is 5.90. The molecule has 4 aliphatic carbocycles. The van der Waals surface area contributed by atoms with Gasteiger partial charge in [-0.3, -0.25) is 4.79 Å². The van der Waals surface area contributed by atoms with Crippen molar-refractivity contribution in [3.63, 3.8) is 0 Å². The van der Waals surface area contributed by atoms with E-state index < -0.39 is 0 Å². The molecular weight excluding hydrogens is 188 g/mol. The first-order chi connectivity index (χ1) is 7.14. The van der Waals surface area contributed by atoms with E-state index in [1.54, 1.807) is 5.92 Å². The topological polar surface area (TPSA) is 26.3 Å². The third-order valence-electron chi connectivity index (χ3n) is 5.10. The standard InChI is InChI=1S/C13H19O2/c1-8-10-3-9-4-11(8)7-13(5-9,6-10)12(14)15-2/h9-11H,3-7H2,1-2H3/q+1/t9?,10-,11+,13?. The number of ether oxygens (including phenoxy) is 1. The Balaban J connectivity index is 1.92. The van der Waals surface area contributed by atoms with Crippen LogP contribution in [0.4, 0.5) is 0 Å². The predicted octanol–water partition coefficient (Wildman–Crippen LogP) is 2.58. The Hall–Kier alpha value is -0.660. The zero-order valence-corrected chi connectivity index (χ0v) is 9.58. The summed E-state index contributed by atoms with van der Waals surface area (Å²) in [7, 11) is 1.54. The molecule has 2 unspecified atom stereocenters. The average Bonchev–Trinajstić information content (AvgIpc) is 2.23. The quantitative estimate of drug-likeness (QED) is 0.488. The minimum Gasteiger partial charge on any atom is -0.469 e. The van der Waals surface area contributed by atoms with Crippen molar-refractivity contribution < 1.29 is 9.53 Å². The Morgan fingerprint density at radius 3 is 2.40 bits per heavy atom. The second kappa shape index (κ2) is 2.93. The molecule has 2 heteroatoms. The van der Waals surface area contributed by atoms with Crippen molar-refractivity contribution in [3.8, 4) is 0 Å². The number of carbonyl (C=O) groups is 1. The molecule has 0 heterocycles. The van der Waals surface area contributed by atoms with Crippen LogP contribution in [0.3, 0.4) is 0 Å². The highest BCUT2D eigenvalue weighted by Gasteiger charge is 2.63. The number of hydrogen-bond donors (Lipinski definition) is 0. The monoisotopic (exact) mass is 207 g/mol. The van der Waals surface area contributed by atoms with E-state index in [9.17, 15) is 4.79 Å². The predicted molar refractivity (Wildman–Crippen MR) is 56.9 cm³/mol. The molecule has 82 valence electrons. The first-order valence-corrected chi connectivity index (χ1v) is 6.06. The van der Waals surface area contributed by atoms with E-state index >= 15 is 0 Å². The molecule has 4 rings (SSSR count). The molecule has 0 aromatic rings. The van der Waals surface area contributed by atoms with Crippen molar-refractivity contribution in [2.24, 2.45) is 23.2 Å². The maximum atomic E-state index is 11.9. The van der Waals surface area contributed by atoms with Crippen molar-refractivity contribution >= 4 is 5.97 Å². The molecule has 0 radical (unpaired) electrons. The molecule has 0 amide bonds. The Morgan fingerprint density at radius 1 is 1.27 bits per heavy atom. The van der Waals surface area contributed by atoms with Crippen LogP contribution >= 0.6 is 0 Å². The van der Waals surface area contributed by atoms with Gasteiger partial charge in [0, 0.05) is 12.8 Å². The number of carbonyl (C=O) groups excluding carboxylic acids is 1. The summed E-state index contributed by atoms with van der Waals surface area (Å²) in [5, 5.41) is 0. The lowest BCUT2D eigenvalue weighted by atomic mass is 9.46. The molecular formula is C13H19O2+. The molecule has 0 saturated heterocycles. The molecule has 15 heavy (non-hydrogen) atoms. The van der Waals surface area contributed by atoms with Gasteiger partial charge in [0.2, 0.25) is 0 Å². The normalized spacial score (nSPS) is 47.1. The van der Waals surface area contributed by atoms with Crippen molar-refractivity contribution in [1.29, 1.82) is 0 Å². The Kier molecular flexibility index (Phi) is 1.87. The summed E-state index contributed by atoms with van der Waals surface area (Å²) >= 11 is 0. The van der Waals surface area contributed by atoms with Gasteiger partial charge < -0.3 is 4.74 Å². The molecule has 2 nitrogen and oxygen atoms in total. The summed E-state index contributed by atoms with van der Waals surface area (Å²) in [4.78, 5) is 11.9. The third-order valence-corrected chi connectivity index (χ3v) is 5.10. The number of methoxy groups -OCH3 is 1. The average molecular weight is 207 g/mol. The van der Waals surface area contributed by atoms with Gasteiger partial charge in [-0.25, -0.2) is 0 Å². The van der Waals surface area contributed by atoms with Crippen LogP contribution in [0.2, 0.25) is 0 Å². The maximum absolute atomic E-state index is 11.9. The second-order valence-corrected chi connectivity index (χ2v) is 5.86. The SMILES string of the molecule is COC(=O)C12CC3C[C@H](C1)[C+](C)[C@@H](C3)C2. The number of hydrogen-bond acceptors (Lipinski definition) is 2. The highest BCUT2D eigenvalue weighted by Crippen LogP contribution is 2.63. The van der Waals surface area contributed by atoms with Crippen molar-refractivity contribution in [1.82, 2.24) is 0 Å². The van der Waals surface area contributed by atoms with Crippen molar-refractivity contribution in [2.75, 3.05) is 7.11 Å². The van der Waals surface area contributed by atoms with Crippen LogP contribution in [-0.4, -0.2) is 13.1 Å². The van der Waals surface area contributed by atoms with Gasteiger partial charge in [0.05, 0.1) is 25.4 Å². The van der Waals surface area contributed by atoms with Crippen molar-refractivity contribution in [2.45, 2.75) is 39.0 Å². The molecule has 4 fully saturated rings. The van der Waals surface area contributed by atoms with Crippen LogP contribution < -0.4 is 0 Å².